The Labute approximate surface area is 135 Å². The van der Waals surface area contributed by atoms with Crippen LogP contribution in [0.15, 0.2) is 11.2 Å². The van der Waals surface area contributed by atoms with Gasteiger partial charge in [-0.3, -0.25) is 10.1 Å². The Morgan fingerprint density at radius 2 is 2.09 bits per heavy atom. The minimum Gasteiger partial charge on any atom is -0.357 e. The highest BCUT2D eigenvalue weighted by Crippen LogP contribution is 2.07. The topological polar surface area (TPSA) is 65.1 Å². The van der Waals surface area contributed by atoms with Crippen LogP contribution in [0.4, 0.5) is 0 Å². The Kier molecular flexibility index (Phi) is 8.63. The molecule has 5 heteroatoms. The third-order valence-corrected chi connectivity index (χ3v) is 3.71. The quantitative estimate of drug-likeness (QED) is 0.373. The summed E-state index contributed by atoms with van der Waals surface area (Å²) in [6, 6.07) is 0.455. The smallest absolute Gasteiger partial charge is 0.191 e. The SMILES string of the molecule is CCNC(=NCCCc1cn[nH]c1C)NC(C)CCC(C)C. The van der Waals surface area contributed by atoms with Crippen LogP contribution in [0.1, 0.15) is 58.2 Å². The molecular weight excluding hydrogens is 274 g/mol. The molecule has 126 valence electrons. The average Bonchev–Trinajstić information content (AvgIpc) is 2.87. The summed E-state index contributed by atoms with van der Waals surface area (Å²) >= 11 is 0. The van der Waals surface area contributed by atoms with Crippen molar-refractivity contribution in [1.29, 1.82) is 0 Å². The molecule has 0 aliphatic carbocycles. The van der Waals surface area contributed by atoms with Gasteiger partial charge in [0.25, 0.3) is 0 Å². The molecule has 22 heavy (non-hydrogen) atoms. The minimum absolute atomic E-state index is 0.455. The lowest BCUT2D eigenvalue weighted by Gasteiger charge is -2.18. The van der Waals surface area contributed by atoms with Crippen LogP contribution in [-0.2, 0) is 6.42 Å². The van der Waals surface area contributed by atoms with Crippen LogP contribution >= 0.6 is 0 Å². The molecule has 3 N–H and O–H groups in total. The van der Waals surface area contributed by atoms with Gasteiger partial charge in [-0.05, 0) is 57.9 Å². The number of guanidine groups is 1. The third-order valence-electron chi connectivity index (χ3n) is 3.71. The molecule has 1 aromatic heterocycles. The van der Waals surface area contributed by atoms with E-state index in [4.69, 9.17) is 0 Å². The second kappa shape index (κ2) is 10.2. The summed E-state index contributed by atoms with van der Waals surface area (Å²) in [6.45, 7) is 12.6. The Morgan fingerprint density at radius 1 is 1.32 bits per heavy atom. The Morgan fingerprint density at radius 3 is 2.68 bits per heavy atom. The van der Waals surface area contributed by atoms with Crippen LogP contribution < -0.4 is 10.6 Å². The second-order valence-electron chi connectivity index (χ2n) is 6.40. The van der Waals surface area contributed by atoms with Crippen LogP contribution in [-0.4, -0.2) is 35.3 Å². The van der Waals surface area contributed by atoms with Crippen molar-refractivity contribution in [2.75, 3.05) is 13.1 Å². The van der Waals surface area contributed by atoms with Crippen LogP contribution in [0.5, 0.6) is 0 Å². The van der Waals surface area contributed by atoms with E-state index in [1.54, 1.807) is 0 Å². The van der Waals surface area contributed by atoms with Crippen molar-refractivity contribution in [3.63, 3.8) is 0 Å². The van der Waals surface area contributed by atoms with E-state index in [-0.39, 0.29) is 0 Å². The van der Waals surface area contributed by atoms with Crippen LogP contribution in [0.3, 0.4) is 0 Å². The molecule has 0 saturated carbocycles. The fourth-order valence-electron chi connectivity index (χ4n) is 2.30. The summed E-state index contributed by atoms with van der Waals surface area (Å²) in [5.74, 6) is 1.68. The minimum atomic E-state index is 0.455. The van der Waals surface area contributed by atoms with Gasteiger partial charge < -0.3 is 10.6 Å². The van der Waals surface area contributed by atoms with Gasteiger partial charge in [-0.2, -0.15) is 5.10 Å². The molecule has 0 bridgehead atoms. The second-order valence-corrected chi connectivity index (χ2v) is 6.40. The van der Waals surface area contributed by atoms with Gasteiger partial charge in [-0.1, -0.05) is 13.8 Å². The highest BCUT2D eigenvalue weighted by atomic mass is 15.2. The maximum Gasteiger partial charge on any atom is 0.191 e. The van der Waals surface area contributed by atoms with Gasteiger partial charge >= 0.3 is 0 Å². The van der Waals surface area contributed by atoms with Crippen molar-refractivity contribution in [2.24, 2.45) is 10.9 Å². The molecule has 1 heterocycles. The zero-order valence-electron chi connectivity index (χ0n) is 14.9. The normalized spacial score (nSPS) is 13.5. The molecule has 0 saturated heterocycles. The van der Waals surface area contributed by atoms with Gasteiger partial charge in [0.2, 0.25) is 0 Å². The Bertz CT molecular complexity index is 436. The van der Waals surface area contributed by atoms with Crippen molar-refractivity contribution in [3.05, 3.63) is 17.5 Å². The van der Waals surface area contributed by atoms with Crippen molar-refractivity contribution in [3.8, 4) is 0 Å². The molecule has 0 spiro atoms. The van der Waals surface area contributed by atoms with E-state index in [1.807, 2.05) is 6.20 Å². The van der Waals surface area contributed by atoms with Crippen molar-refractivity contribution in [2.45, 2.75) is 66.3 Å². The monoisotopic (exact) mass is 307 g/mol. The molecule has 0 aliphatic heterocycles. The molecule has 1 unspecified atom stereocenters. The van der Waals surface area contributed by atoms with E-state index in [0.29, 0.717) is 6.04 Å². The fourth-order valence-corrected chi connectivity index (χ4v) is 2.30. The molecule has 0 radical (unpaired) electrons. The van der Waals surface area contributed by atoms with Gasteiger partial charge in [0.05, 0.1) is 6.20 Å². The molecule has 0 amide bonds. The number of rotatable bonds is 9. The van der Waals surface area contributed by atoms with Gasteiger partial charge in [-0.15, -0.1) is 0 Å². The molecule has 1 aromatic rings. The summed E-state index contributed by atoms with van der Waals surface area (Å²) in [7, 11) is 0. The highest BCUT2D eigenvalue weighted by Gasteiger charge is 2.06. The average molecular weight is 307 g/mol. The number of nitrogens with one attached hydrogen (secondary N) is 3. The summed E-state index contributed by atoms with van der Waals surface area (Å²) < 4.78 is 0. The van der Waals surface area contributed by atoms with Gasteiger partial charge in [-0.25, -0.2) is 0 Å². The van der Waals surface area contributed by atoms with Crippen molar-refractivity contribution < 1.29 is 0 Å². The summed E-state index contributed by atoms with van der Waals surface area (Å²) in [4.78, 5) is 4.67. The Balaban J connectivity index is 2.36. The van der Waals surface area contributed by atoms with Crippen LogP contribution in [0, 0.1) is 12.8 Å². The van der Waals surface area contributed by atoms with Crippen LogP contribution in [0.2, 0.25) is 0 Å². The van der Waals surface area contributed by atoms with Gasteiger partial charge in [0.1, 0.15) is 0 Å². The lowest BCUT2D eigenvalue weighted by Crippen LogP contribution is -2.42. The first kappa shape index (κ1) is 18.5. The third kappa shape index (κ3) is 7.48. The van der Waals surface area contributed by atoms with E-state index in [1.165, 1.54) is 18.4 Å². The first-order valence-electron chi connectivity index (χ1n) is 8.56. The zero-order chi connectivity index (χ0) is 16.4. The maximum absolute atomic E-state index is 4.67. The molecule has 0 fully saturated rings. The summed E-state index contributed by atoms with van der Waals surface area (Å²) in [6.07, 6.45) is 6.39. The molecule has 5 nitrogen and oxygen atoms in total. The largest absolute Gasteiger partial charge is 0.357 e. The lowest BCUT2D eigenvalue weighted by molar-refractivity contribution is 0.489. The zero-order valence-corrected chi connectivity index (χ0v) is 14.9. The number of aromatic nitrogens is 2. The Hall–Kier alpha value is -1.52. The molecule has 0 aliphatic rings. The van der Waals surface area contributed by atoms with Crippen molar-refractivity contribution >= 4 is 5.96 Å². The molecular formula is C17H33N5. The number of aromatic amines is 1. The number of hydrogen-bond donors (Lipinski definition) is 3. The van der Waals surface area contributed by atoms with E-state index in [0.717, 1.165) is 43.5 Å². The molecule has 1 rings (SSSR count). The molecule has 0 aromatic carbocycles. The summed E-state index contributed by atoms with van der Waals surface area (Å²) in [5.41, 5.74) is 2.45. The number of H-pyrrole nitrogens is 1. The van der Waals surface area contributed by atoms with Crippen molar-refractivity contribution in [1.82, 2.24) is 20.8 Å². The van der Waals surface area contributed by atoms with E-state index in [2.05, 4.69) is 60.4 Å². The van der Waals surface area contributed by atoms with Gasteiger partial charge in [0, 0.05) is 24.8 Å². The van der Waals surface area contributed by atoms with E-state index >= 15 is 0 Å². The number of aliphatic imine (C=N–C) groups is 1. The predicted octanol–water partition coefficient (Wildman–Crippen LogP) is 3.03. The lowest BCUT2D eigenvalue weighted by atomic mass is 10.0. The highest BCUT2D eigenvalue weighted by molar-refractivity contribution is 5.80. The van der Waals surface area contributed by atoms with E-state index in [9.17, 15) is 0 Å². The fraction of sp³-hybridized carbons (Fsp3) is 0.765. The number of hydrogen-bond acceptors (Lipinski definition) is 2. The van der Waals surface area contributed by atoms with E-state index < -0.39 is 0 Å². The summed E-state index contributed by atoms with van der Waals surface area (Å²) in [5, 5.41) is 13.9. The first-order valence-corrected chi connectivity index (χ1v) is 8.56. The van der Waals surface area contributed by atoms with Crippen LogP contribution in [0.25, 0.3) is 0 Å². The van der Waals surface area contributed by atoms with Gasteiger partial charge in [0.15, 0.2) is 5.96 Å². The standard InChI is InChI=1S/C17H33N5/c1-6-18-17(21-14(4)10-9-13(2)3)19-11-7-8-16-12-20-22-15(16)5/h12-14H,6-11H2,1-5H3,(H,20,22)(H2,18,19,21). The maximum atomic E-state index is 4.67. The predicted molar refractivity (Wildman–Crippen MR) is 94.3 cm³/mol. The number of aryl methyl sites for hydroxylation is 2. The first-order chi connectivity index (χ1) is 10.5. The number of nitrogens with zero attached hydrogens (tertiary/aromatic N) is 2. The molecule has 1 atom stereocenters.